The number of allylic oxidation sites excluding steroid dienone is 1. The second kappa shape index (κ2) is 8.56. The van der Waals surface area contributed by atoms with E-state index in [1.807, 2.05) is 19.1 Å². The molecule has 2 aromatic rings. The van der Waals surface area contributed by atoms with E-state index in [4.69, 9.17) is 11.6 Å². The number of aryl methyl sites for hydroxylation is 1. The molecule has 0 unspecified atom stereocenters. The van der Waals surface area contributed by atoms with Gasteiger partial charge in [0.2, 0.25) is 0 Å². The number of alkyl halides is 3. The van der Waals surface area contributed by atoms with Crippen LogP contribution in [0.25, 0.3) is 0 Å². The Kier molecular flexibility index (Phi) is 6.67. The van der Waals surface area contributed by atoms with Gasteiger partial charge in [0, 0.05) is 27.9 Å². The van der Waals surface area contributed by atoms with Crippen molar-refractivity contribution in [2.24, 2.45) is 4.99 Å². The molecule has 2 nitrogen and oxygen atoms in total. The van der Waals surface area contributed by atoms with Crippen molar-refractivity contribution in [3.8, 4) is 0 Å². The Labute approximate surface area is 159 Å². The van der Waals surface area contributed by atoms with Gasteiger partial charge in [-0.15, -0.1) is 0 Å². The number of hydrogen-bond acceptors (Lipinski definition) is 3. The lowest BCUT2D eigenvalue weighted by Crippen LogP contribution is -2.14. The summed E-state index contributed by atoms with van der Waals surface area (Å²) in [6.07, 6.45) is -1.61. The number of hydrogen-bond donors (Lipinski definition) is 0. The highest BCUT2D eigenvalue weighted by Gasteiger charge is 2.38. The molecule has 136 valence electrons. The van der Waals surface area contributed by atoms with Crippen molar-refractivity contribution in [2.45, 2.75) is 24.9 Å². The van der Waals surface area contributed by atoms with E-state index in [0.717, 1.165) is 17.3 Å². The zero-order valence-corrected chi connectivity index (χ0v) is 15.7. The van der Waals surface area contributed by atoms with E-state index < -0.39 is 16.9 Å². The van der Waals surface area contributed by atoms with Crippen LogP contribution >= 0.6 is 23.4 Å². The van der Waals surface area contributed by atoms with Gasteiger partial charge in [0.1, 0.15) is 10.7 Å². The first-order valence-corrected chi connectivity index (χ1v) is 8.74. The minimum absolute atomic E-state index is 0.211. The van der Waals surface area contributed by atoms with Crippen LogP contribution in [0.5, 0.6) is 0 Å². The molecule has 0 fully saturated rings. The molecule has 26 heavy (non-hydrogen) atoms. The van der Waals surface area contributed by atoms with E-state index in [1.165, 1.54) is 12.4 Å². The van der Waals surface area contributed by atoms with Gasteiger partial charge < -0.3 is 0 Å². The maximum absolute atomic E-state index is 13.5. The average molecular weight is 397 g/mol. The minimum atomic E-state index is -4.67. The number of thioether (sulfide) groups is 1. The molecule has 0 atom stereocenters. The highest BCUT2D eigenvalue weighted by atomic mass is 35.5. The molecule has 0 saturated heterocycles. The minimum Gasteiger partial charge on any atom is -0.265 e. The molecule has 0 radical (unpaired) electrons. The van der Waals surface area contributed by atoms with Crippen molar-refractivity contribution in [1.29, 1.82) is 0 Å². The van der Waals surface area contributed by atoms with Gasteiger partial charge in [-0.3, -0.25) is 4.98 Å². The first-order valence-electron chi connectivity index (χ1n) is 7.55. The fourth-order valence-corrected chi connectivity index (χ4v) is 3.33. The van der Waals surface area contributed by atoms with E-state index >= 15 is 0 Å². The van der Waals surface area contributed by atoms with Gasteiger partial charge in [-0.05, 0) is 43.7 Å². The van der Waals surface area contributed by atoms with E-state index in [9.17, 15) is 13.2 Å². The highest BCUT2D eigenvalue weighted by Crippen LogP contribution is 2.42. The van der Waals surface area contributed by atoms with E-state index in [-0.39, 0.29) is 4.91 Å². The van der Waals surface area contributed by atoms with Gasteiger partial charge in [0.15, 0.2) is 0 Å². The van der Waals surface area contributed by atoms with Crippen LogP contribution in [0.3, 0.4) is 0 Å². The molecular formula is C19H16ClF3N2S. The molecule has 1 aromatic heterocycles. The molecule has 0 bridgehead atoms. The summed E-state index contributed by atoms with van der Waals surface area (Å²) in [5, 5.41) is -0.642. The van der Waals surface area contributed by atoms with Crippen molar-refractivity contribution in [3.05, 3.63) is 82.1 Å². The van der Waals surface area contributed by atoms with Gasteiger partial charge in [-0.1, -0.05) is 47.6 Å². The van der Waals surface area contributed by atoms with Crippen LogP contribution in [0.1, 0.15) is 18.1 Å². The van der Waals surface area contributed by atoms with Gasteiger partial charge in [-0.2, -0.15) is 13.2 Å². The van der Waals surface area contributed by atoms with E-state index in [2.05, 4.69) is 16.6 Å². The molecule has 2 rings (SSSR count). The largest absolute Gasteiger partial charge is 0.420 e. The number of rotatable bonds is 5. The summed E-state index contributed by atoms with van der Waals surface area (Å²) in [4.78, 5) is 8.23. The van der Waals surface area contributed by atoms with Crippen LogP contribution in [0, 0.1) is 6.92 Å². The van der Waals surface area contributed by atoms with Crippen LogP contribution in [0.2, 0.25) is 0 Å². The summed E-state index contributed by atoms with van der Waals surface area (Å²) in [7, 11) is 0. The van der Waals surface area contributed by atoms with Gasteiger partial charge in [0.25, 0.3) is 0 Å². The van der Waals surface area contributed by atoms with Crippen molar-refractivity contribution < 1.29 is 13.2 Å². The van der Waals surface area contributed by atoms with Crippen LogP contribution in [0.4, 0.5) is 13.2 Å². The van der Waals surface area contributed by atoms with Gasteiger partial charge in [0.05, 0.1) is 0 Å². The quantitative estimate of drug-likeness (QED) is 0.249. The molecule has 0 aliphatic heterocycles. The van der Waals surface area contributed by atoms with Crippen molar-refractivity contribution in [1.82, 2.24) is 4.98 Å². The molecule has 1 aromatic carbocycles. The number of aromatic nitrogens is 1. The van der Waals surface area contributed by atoms with Crippen LogP contribution in [0.15, 0.2) is 80.9 Å². The number of pyridine rings is 1. The molecule has 0 amide bonds. The number of nitrogens with zero attached hydrogens (tertiary/aromatic N) is 2. The fraction of sp³-hybridized carbons (Fsp3) is 0.158. The first-order chi connectivity index (χ1) is 12.2. The lowest BCUT2D eigenvalue weighted by atomic mass is 10.2. The Morgan fingerprint density at radius 3 is 2.23 bits per heavy atom. The summed E-state index contributed by atoms with van der Waals surface area (Å²) < 4.78 is 40.6. The highest BCUT2D eigenvalue weighted by molar-refractivity contribution is 8.03. The van der Waals surface area contributed by atoms with Crippen LogP contribution < -0.4 is 0 Å². The third kappa shape index (κ3) is 5.47. The van der Waals surface area contributed by atoms with Crippen molar-refractivity contribution in [3.63, 3.8) is 0 Å². The standard InChI is InChI=1S/C19H16ClF3N2S/c1-12-4-6-16(7-5-12)26-14(3)17(19(21,22)23)18(20)25-13(2)15-8-10-24-11-9-15/h4-11H,3H2,1-2H3/b18-17+,25-13?. The van der Waals surface area contributed by atoms with E-state index in [1.54, 1.807) is 31.2 Å². The maximum atomic E-state index is 13.5. The fourth-order valence-electron chi connectivity index (χ4n) is 2.05. The molecule has 0 spiro atoms. The smallest absolute Gasteiger partial charge is 0.265 e. The molecule has 0 N–H and O–H groups in total. The molecule has 1 heterocycles. The summed E-state index contributed by atoms with van der Waals surface area (Å²) in [6, 6.07) is 10.4. The predicted octanol–water partition coefficient (Wildman–Crippen LogP) is 6.52. The van der Waals surface area contributed by atoms with Gasteiger partial charge in [-0.25, -0.2) is 4.99 Å². The van der Waals surface area contributed by atoms with Crippen molar-refractivity contribution in [2.75, 3.05) is 0 Å². The summed E-state index contributed by atoms with van der Waals surface area (Å²) >= 11 is 6.85. The second-order valence-corrected chi connectivity index (χ2v) is 6.96. The Balaban J connectivity index is 2.37. The molecular weight excluding hydrogens is 381 g/mol. The summed E-state index contributed by atoms with van der Waals surface area (Å²) in [5.74, 6) is 0. The average Bonchev–Trinajstić information content (AvgIpc) is 2.56. The number of aliphatic imine (C=N–C) groups is 1. The zero-order chi connectivity index (χ0) is 19.3. The summed E-state index contributed by atoms with van der Waals surface area (Å²) in [5.41, 5.74) is 0.962. The first kappa shape index (κ1) is 20.3. The Bertz CT molecular complexity index is 841. The van der Waals surface area contributed by atoms with Crippen LogP contribution in [-0.2, 0) is 0 Å². The Morgan fingerprint density at radius 2 is 1.69 bits per heavy atom. The monoisotopic (exact) mass is 396 g/mol. The molecule has 0 aliphatic rings. The lowest BCUT2D eigenvalue weighted by Gasteiger charge is -2.15. The zero-order valence-electron chi connectivity index (χ0n) is 14.1. The summed E-state index contributed by atoms with van der Waals surface area (Å²) in [6.45, 7) is 7.05. The topological polar surface area (TPSA) is 25.2 Å². The lowest BCUT2D eigenvalue weighted by molar-refractivity contribution is -0.0889. The SMILES string of the molecule is C=C(Sc1ccc(C)cc1)/C(=C(/Cl)N=C(C)c1ccncc1)C(F)(F)F. The third-order valence-corrected chi connectivity index (χ3v) is 4.63. The van der Waals surface area contributed by atoms with Crippen molar-refractivity contribution >= 4 is 29.1 Å². The van der Waals surface area contributed by atoms with Crippen LogP contribution in [-0.4, -0.2) is 16.9 Å². The number of benzene rings is 1. The Morgan fingerprint density at radius 1 is 1.12 bits per heavy atom. The predicted molar refractivity (Wildman–Crippen MR) is 102 cm³/mol. The number of halogens is 4. The maximum Gasteiger partial charge on any atom is 0.420 e. The second-order valence-electron chi connectivity index (χ2n) is 5.43. The van der Waals surface area contributed by atoms with E-state index in [0.29, 0.717) is 16.2 Å². The normalized spacial score (nSPS) is 13.4. The molecule has 7 heteroatoms. The van der Waals surface area contributed by atoms with Gasteiger partial charge >= 0.3 is 6.18 Å². The molecule has 0 saturated carbocycles. The third-order valence-electron chi connectivity index (χ3n) is 3.39. The Hall–Kier alpha value is -2.05. The molecule has 0 aliphatic carbocycles.